The summed E-state index contributed by atoms with van der Waals surface area (Å²) in [5.41, 5.74) is 4.79. The molecule has 0 unspecified atom stereocenters. The predicted molar refractivity (Wildman–Crippen MR) is 162 cm³/mol. The molecule has 5 aromatic rings. The van der Waals surface area contributed by atoms with E-state index in [2.05, 4.69) is 34.9 Å². The topological polar surface area (TPSA) is 138 Å². The van der Waals surface area contributed by atoms with Crippen molar-refractivity contribution < 1.29 is 64.1 Å². The minimum Gasteiger partial charge on any atom is -0.857 e. The Kier molecular flexibility index (Phi) is 21.5. The average Bonchev–Trinajstić information content (AvgIpc) is 3.06. The van der Waals surface area contributed by atoms with Gasteiger partial charge in [-0.2, -0.15) is 5.26 Å². The second kappa shape index (κ2) is 24.0. The number of H-pyrrole nitrogens is 1. The molecule has 0 radical (unpaired) electrons. The third kappa shape index (κ3) is 23.8. The van der Waals surface area contributed by atoms with Crippen LogP contribution in [0.4, 0.5) is 34.5 Å². The van der Waals surface area contributed by atoms with Crippen LogP contribution in [0.15, 0.2) is 115 Å². The molecule has 0 aliphatic rings. The van der Waals surface area contributed by atoms with Crippen LogP contribution < -0.4 is 10.1 Å². The predicted octanol–water partition coefficient (Wildman–Crippen LogP) is 5.97. The molecule has 0 amide bonds. The number of nitrogens with one attached hydrogen (secondary N) is 1. The molecule has 0 aliphatic carbocycles. The maximum atomic E-state index is 11.6. The van der Waals surface area contributed by atoms with Gasteiger partial charge in [0.15, 0.2) is 11.9 Å². The zero-order valence-corrected chi connectivity index (χ0v) is 27.1. The van der Waals surface area contributed by atoms with E-state index >= 15 is 0 Å². The van der Waals surface area contributed by atoms with Crippen molar-refractivity contribution in [2.75, 3.05) is 6.54 Å². The Morgan fingerprint density at radius 2 is 1.22 bits per heavy atom. The van der Waals surface area contributed by atoms with Crippen LogP contribution in [0.2, 0.25) is 0 Å². The van der Waals surface area contributed by atoms with E-state index in [1.54, 1.807) is 18.5 Å². The summed E-state index contributed by atoms with van der Waals surface area (Å²) in [7, 11) is -12.0. The smallest absolute Gasteiger partial charge is 0.857 e. The Balaban J connectivity index is 0.000000688. The first-order chi connectivity index (χ1) is 22.7. The van der Waals surface area contributed by atoms with Crippen LogP contribution in [0.1, 0.15) is 18.3 Å². The van der Waals surface area contributed by atoms with Gasteiger partial charge in [0, 0.05) is 56.3 Å². The molecule has 9 nitrogen and oxygen atoms in total. The molecule has 0 fully saturated rings. The molecular weight excluding hydrogens is 751 g/mol. The number of nitriles is 1. The number of aliphatic imine (C=N–C) groups is 1. The Hall–Kier alpha value is -5.17. The van der Waals surface area contributed by atoms with Crippen molar-refractivity contribution in [3.05, 3.63) is 121 Å². The molecule has 0 spiro atoms. The summed E-state index contributed by atoms with van der Waals surface area (Å²) in [6.45, 7) is 1.87. The SMILES string of the molecule is CC#N.F[B-](F)(F)F.F[B-](F)(F)F.[O-]C(=NCCc1cccc[nH+]1)c1cnccn1.[Ru+2].c1ccc(-c2cccc(-c3ccccn3)n2)nc1. The molecule has 5 aromatic heterocycles. The summed E-state index contributed by atoms with van der Waals surface area (Å²) in [4.78, 5) is 27.9. The number of hydrogen-bond acceptors (Lipinski definition) is 8. The number of halogens is 8. The molecular formula is C29H26B2F8N8ORu. The van der Waals surface area contributed by atoms with Crippen molar-refractivity contribution in [2.45, 2.75) is 13.3 Å². The second-order valence-electron chi connectivity index (χ2n) is 8.47. The van der Waals surface area contributed by atoms with Gasteiger partial charge >= 0.3 is 34.0 Å². The molecule has 1 N–H and O–H groups in total. The number of rotatable bonds is 6. The zero-order valence-electron chi connectivity index (χ0n) is 25.4. The maximum Gasteiger partial charge on any atom is 2.00 e. The first kappa shape index (κ1) is 43.8. The minimum absolute atomic E-state index is 0. The van der Waals surface area contributed by atoms with E-state index in [9.17, 15) is 39.6 Å². The van der Waals surface area contributed by atoms with E-state index < -0.39 is 14.5 Å². The number of hydrogen-bond donors (Lipinski definition) is 0. The van der Waals surface area contributed by atoms with Crippen LogP contribution in [-0.2, 0) is 25.9 Å². The van der Waals surface area contributed by atoms with E-state index in [4.69, 9.17) is 5.26 Å². The maximum absolute atomic E-state index is 11.6. The third-order valence-corrected chi connectivity index (χ3v) is 4.80. The van der Waals surface area contributed by atoms with Gasteiger partial charge in [-0.15, -0.1) is 0 Å². The number of pyridine rings is 4. The molecule has 49 heavy (non-hydrogen) atoms. The first-order valence-electron chi connectivity index (χ1n) is 13.5. The number of aromatic amines is 1. The van der Waals surface area contributed by atoms with E-state index in [-0.39, 0.29) is 31.1 Å². The third-order valence-electron chi connectivity index (χ3n) is 4.80. The van der Waals surface area contributed by atoms with Crippen molar-refractivity contribution in [1.29, 1.82) is 5.26 Å². The van der Waals surface area contributed by atoms with E-state index in [1.165, 1.54) is 25.5 Å². The van der Waals surface area contributed by atoms with Crippen molar-refractivity contribution in [1.82, 2.24) is 24.9 Å². The van der Waals surface area contributed by atoms with Gasteiger partial charge in [0.1, 0.15) is 0 Å². The molecule has 0 atom stereocenters. The van der Waals surface area contributed by atoms with Gasteiger partial charge in [0.25, 0.3) is 0 Å². The first-order valence-corrected chi connectivity index (χ1v) is 13.5. The Morgan fingerprint density at radius 1 is 0.735 bits per heavy atom. The average molecular weight is 777 g/mol. The Morgan fingerprint density at radius 3 is 1.63 bits per heavy atom. The summed E-state index contributed by atoms with van der Waals surface area (Å²) in [5, 5.41) is 18.9. The molecule has 258 valence electrons. The van der Waals surface area contributed by atoms with E-state index in [1.807, 2.05) is 79.0 Å². The molecule has 5 rings (SSSR count). The van der Waals surface area contributed by atoms with Crippen molar-refractivity contribution >= 4 is 20.4 Å². The van der Waals surface area contributed by atoms with Gasteiger partial charge in [-0.05, 0) is 36.4 Å². The standard InChI is InChI=1S/C15H11N3.C12H12N4O.C2H3N.2BF4.Ru/c1-3-10-16-12(6-1)14-8-5-9-15(18-14)13-7-2-4-11-17-13;17-12(11-9-13-7-8-15-11)16-6-4-10-3-1-2-5-14-10;1-2-3;2*2-1(3,4)5;/h1-11H;1-3,5,7-9H,4,6H2,(H,16,17);1H3;;;/q;;;2*-1;+2. The van der Waals surface area contributed by atoms with Gasteiger partial charge < -0.3 is 39.6 Å². The zero-order chi connectivity index (χ0) is 35.8. The largest absolute Gasteiger partial charge is 2.00 e. The molecule has 0 aromatic carbocycles. The summed E-state index contributed by atoms with van der Waals surface area (Å²) in [6.07, 6.45) is 10.5. The molecule has 5 heterocycles. The van der Waals surface area contributed by atoms with Gasteiger partial charge in [-0.25, -0.2) is 9.97 Å². The van der Waals surface area contributed by atoms with Crippen LogP contribution in [-0.4, -0.2) is 51.9 Å². The van der Waals surface area contributed by atoms with Gasteiger partial charge in [0.05, 0.1) is 47.2 Å². The van der Waals surface area contributed by atoms with Crippen molar-refractivity contribution in [3.8, 4) is 28.8 Å². The van der Waals surface area contributed by atoms with E-state index in [0.29, 0.717) is 13.0 Å². The molecule has 0 bridgehead atoms. The fourth-order valence-corrected chi connectivity index (χ4v) is 3.10. The summed E-state index contributed by atoms with van der Waals surface area (Å²) < 4.78 is 78.0. The van der Waals surface area contributed by atoms with Crippen LogP contribution in [0.3, 0.4) is 0 Å². The monoisotopic (exact) mass is 778 g/mol. The second-order valence-corrected chi connectivity index (χ2v) is 8.47. The molecule has 0 saturated heterocycles. The van der Waals surface area contributed by atoms with Crippen LogP contribution in [0.5, 0.6) is 0 Å². The Bertz CT molecular complexity index is 1580. The van der Waals surface area contributed by atoms with Gasteiger partial charge in [-0.1, -0.05) is 24.3 Å². The molecule has 20 heteroatoms. The molecule has 0 aliphatic heterocycles. The van der Waals surface area contributed by atoms with Gasteiger partial charge in [0.2, 0.25) is 0 Å². The fourth-order valence-electron chi connectivity index (χ4n) is 3.10. The summed E-state index contributed by atoms with van der Waals surface area (Å²) >= 11 is 0. The minimum atomic E-state index is -6.00. The van der Waals surface area contributed by atoms with Crippen molar-refractivity contribution in [2.24, 2.45) is 4.99 Å². The number of nitrogens with zero attached hydrogens (tertiary/aromatic N) is 7. The van der Waals surface area contributed by atoms with Crippen LogP contribution >= 0.6 is 0 Å². The van der Waals surface area contributed by atoms with Crippen LogP contribution in [0.25, 0.3) is 22.8 Å². The van der Waals surface area contributed by atoms with Crippen molar-refractivity contribution in [3.63, 3.8) is 0 Å². The van der Waals surface area contributed by atoms with Crippen LogP contribution in [0, 0.1) is 11.3 Å². The van der Waals surface area contributed by atoms with Gasteiger partial charge in [-0.3, -0.25) is 24.9 Å². The normalized spacial score (nSPS) is 10.3. The molecule has 0 saturated carbocycles. The summed E-state index contributed by atoms with van der Waals surface area (Å²) in [5.74, 6) is -0.325. The van der Waals surface area contributed by atoms with E-state index in [0.717, 1.165) is 28.5 Å². The quantitative estimate of drug-likeness (QED) is 0.0897. The Labute approximate surface area is 289 Å². The summed E-state index contributed by atoms with van der Waals surface area (Å²) in [6, 6.07) is 25.0. The fraction of sp³-hybridized carbons (Fsp3) is 0.103. The number of aromatic nitrogens is 6.